The van der Waals surface area contributed by atoms with Crippen LogP contribution in [0.25, 0.3) is 11.1 Å². The second-order valence-corrected chi connectivity index (χ2v) is 7.25. The molecular weight excluding hydrogens is 338 g/mol. The van der Waals surface area contributed by atoms with Gasteiger partial charge in [0, 0.05) is 18.2 Å². The number of carbonyl (C=O) groups is 2. The number of ether oxygens (including phenoxy) is 1. The maximum Gasteiger partial charge on any atom is 0.411 e. The number of carboxylic acid groups (broad SMARTS) is 1. The number of benzene rings is 2. The molecule has 2 aromatic rings. The van der Waals surface area contributed by atoms with E-state index in [0.29, 0.717) is 12.3 Å². The predicted octanol–water partition coefficient (Wildman–Crippen LogP) is 3.40. The normalized spacial score (nSPS) is 18.7. The lowest BCUT2D eigenvalue weighted by atomic mass is 9.98. The highest BCUT2D eigenvalue weighted by Crippen LogP contribution is 2.44. The fourth-order valence-electron chi connectivity index (χ4n) is 3.54. The molecule has 1 N–H and O–H groups in total. The summed E-state index contributed by atoms with van der Waals surface area (Å²) >= 11 is 1.25. The van der Waals surface area contributed by atoms with E-state index in [1.165, 1.54) is 27.8 Å². The van der Waals surface area contributed by atoms with Crippen LogP contribution in [0.4, 0.5) is 4.79 Å². The summed E-state index contributed by atoms with van der Waals surface area (Å²) in [6.07, 6.45) is -0.556. The van der Waals surface area contributed by atoms with E-state index < -0.39 is 17.4 Å². The molecule has 0 spiro atoms. The van der Waals surface area contributed by atoms with Crippen molar-refractivity contribution >= 4 is 23.8 Å². The van der Waals surface area contributed by atoms with E-state index in [4.69, 9.17) is 4.74 Å². The minimum atomic E-state index is -1.00. The van der Waals surface area contributed by atoms with Crippen LogP contribution in [-0.4, -0.2) is 46.3 Å². The van der Waals surface area contributed by atoms with Gasteiger partial charge in [-0.15, -0.1) is 11.8 Å². The van der Waals surface area contributed by atoms with Crippen LogP contribution < -0.4 is 0 Å². The average Bonchev–Trinajstić information content (AvgIpc) is 3.23. The number of nitrogens with zero attached hydrogens (tertiary/aromatic N) is 1. The third kappa shape index (κ3) is 2.76. The van der Waals surface area contributed by atoms with E-state index in [9.17, 15) is 14.7 Å². The Bertz CT molecular complexity index is 792. The van der Waals surface area contributed by atoms with Gasteiger partial charge in [0.2, 0.25) is 0 Å². The number of hydrogen-bond donors (Lipinski definition) is 1. The van der Waals surface area contributed by atoms with Gasteiger partial charge in [0.05, 0.1) is 0 Å². The minimum Gasteiger partial charge on any atom is -0.479 e. The van der Waals surface area contributed by atoms with Crippen LogP contribution in [0.5, 0.6) is 0 Å². The molecule has 1 amide bonds. The van der Waals surface area contributed by atoms with E-state index >= 15 is 0 Å². The standard InChI is InChI=1S/C19H17NO4S/c21-18(22)17-20(9-10-25-17)19(23)24-11-16-14-7-3-1-5-12(14)13-6-2-4-8-15(13)16/h1-8,16-17H,9-11H2,(H,21,22)/t17-/m1/s1. The molecule has 1 atom stereocenters. The summed E-state index contributed by atoms with van der Waals surface area (Å²) < 4.78 is 5.51. The summed E-state index contributed by atoms with van der Waals surface area (Å²) in [7, 11) is 0. The summed E-state index contributed by atoms with van der Waals surface area (Å²) in [5.41, 5.74) is 4.61. The van der Waals surface area contributed by atoms with E-state index in [0.717, 1.165) is 11.1 Å². The average molecular weight is 355 g/mol. The molecule has 1 aliphatic carbocycles. The lowest BCUT2D eigenvalue weighted by molar-refractivity contribution is -0.139. The predicted molar refractivity (Wildman–Crippen MR) is 95.7 cm³/mol. The molecule has 0 unspecified atom stereocenters. The Morgan fingerprint density at radius 2 is 1.68 bits per heavy atom. The van der Waals surface area contributed by atoms with E-state index in [2.05, 4.69) is 24.3 Å². The molecule has 2 aliphatic rings. The van der Waals surface area contributed by atoms with Gasteiger partial charge >= 0.3 is 12.1 Å². The molecule has 0 saturated carbocycles. The van der Waals surface area contributed by atoms with Crippen molar-refractivity contribution < 1.29 is 19.4 Å². The van der Waals surface area contributed by atoms with Crippen LogP contribution in [0.1, 0.15) is 17.0 Å². The molecule has 25 heavy (non-hydrogen) atoms. The van der Waals surface area contributed by atoms with Gasteiger partial charge in [-0.1, -0.05) is 48.5 Å². The van der Waals surface area contributed by atoms with Gasteiger partial charge in [0.1, 0.15) is 6.61 Å². The summed E-state index contributed by atoms with van der Waals surface area (Å²) in [4.78, 5) is 24.9. The fourth-order valence-corrected chi connectivity index (χ4v) is 4.58. The van der Waals surface area contributed by atoms with Crippen LogP contribution in [0.3, 0.4) is 0 Å². The van der Waals surface area contributed by atoms with Crippen molar-refractivity contribution in [3.05, 3.63) is 59.7 Å². The van der Waals surface area contributed by atoms with Gasteiger partial charge in [0.15, 0.2) is 5.37 Å². The third-order valence-electron chi connectivity index (χ3n) is 4.67. The Morgan fingerprint density at radius 1 is 1.08 bits per heavy atom. The molecule has 0 aromatic heterocycles. The van der Waals surface area contributed by atoms with E-state index in [1.807, 2.05) is 24.3 Å². The third-order valence-corrected chi connectivity index (χ3v) is 5.86. The van der Waals surface area contributed by atoms with Crippen molar-refractivity contribution in [2.75, 3.05) is 18.9 Å². The lowest BCUT2D eigenvalue weighted by Crippen LogP contribution is -2.40. The summed E-state index contributed by atoms with van der Waals surface area (Å²) in [5, 5.41) is 8.35. The number of fused-ring (bicyclic) bond motifs is 3. The van der Waals surface area contributed by atoms with E-state index in [1.54, 1.807) is 0 Å². The maximum absolute atomic E-state index is 12.4. The summed E-state index contributed by atoms with van der Waals surface area (Å²) in [6.45, 7) is 0.610. The first-order valence-corrected chi connectivity index (χ1v) is 9.17. The Labute approximate surface area is 149 Å². The van der Waals surface area contributed by atoms with Gasteiger partial charge in [-0.2, -0.15) is 0 Å². The van der Waals surface area contributed by atoms with Gasteiger partial charge in [-0.3, -0.25) is 4.90 Å². The molecule has 4 rings (SSSR count). The molecule has 5 nitrogen and oxygen atoms in total. The number of hydrogen-bond acceptors (Lipinski definition) is 4. The summed E-state index contributed by atoms with van der Waals surface area (Å²) in [5.74, 6) is -0.410. The van der Waals surface area contributed by atoms with Crippen molar-refractivity contribution in [1.29, 1.82) is 0 Å². The summed E-state index contributed by atoms with van der Waals surface area (Å²) in [6, 6.07) is 16.2. The number of carbonyl (C=O) groups excluding carboxylic acids is 1. The highest BCUT2D eigenvalue weighted by atomic mass is 32.2. The Kier molecular flexibility index (Phi) is 4.13. The van der Waals surface area contributed by atoms with E-state index in [-0.39, 0.29) is 12.5 Å². The first-order valence-electron chi connectivity index (χ1n) is 8.13. The highest BCUT2D eigenvalue weighted by Gasteiger charge is 2.37. The molecule has 0 radical (unpaired) electrons. The van der Waals surface area contributed by atoms with Crippen molar-refractivity contribution in [2.24, 2.45) is 0 Å². The fraction of sp³-hybridized carbons (Fsp3) is 0.263. The van der Waals surface area contributed by atoms with Gasteiger partial charge in [0.25, 0.3) is 0 Å². The zero-order valence-electron chi connectivity index (χ0n) is 13.4. The largest absolute Gasteiger partial charge is 0.479 e. The number of carboxylic acids is 1. The molecule has 1 heterocycles. The van der Waals surface area contributed by atoms with Crippen LogP contribution in [-0.2, 0) is 9.53 Å². The highest BCUT2D eigenvalue weighted by molar-refractivity contribution is 8.00. The number of amides is 1. The molecule has 1 fully saturated rings. The zero-order chi connectivity index (χ0) is 17.4. The SMILES string of the molecule is O=C(O)[C@H]1SCCN1C(=O)OCC1c2ccccc2-c2ccccc21. The number of rotatable bonds is 3. The van der Waals surface area contributed by atoms with Crippen molar-refractivity contribution in [3.8, 4) is 11.1 Å². The minimum absolute atomic E-state index is 0.0186. The first-order chi connectivity index (χ1) is 12.2. The van der Waals surface area contributed by atoms with Gasteiger partial charge in [-0.25, -0.2) is 9.59 Å². The quantitative estimate of drug-likeness (QED) is 0.914. The van der Waals surface area contributed by atoms with Crippen LogP contribution in [0, 0.1) is 0 Å². The van der Waals surface area contributed by atoms with Crippen molar-refractivity contribution in [2.45, 2.75) is 11.3 Å². The van der Waals surface area contributed by atoms with Crippen LogP contribution >= 0.6 is 11.8 Å². The van der Waals surface area contributed by atoms with Gasteiger partial charge in [-0.05, 0) is 22.3 Å². The molecule has 1 saturated heterocycles. The van der Waals surface area contributed by atoms with Crippen molar-refractivity contribution in [3.63, 3.8) is 0 Å². The second-order valence-electron chi connectivity index (χ2n) is 6.06. The smallest absolute Gasteiger partial charge is 0.411 e. The monoisotopic (exact) mass is 355 g/mol. The molecule has 1 aliphatic heterocycles. The van der Waals surface area contributed by atoms with Gasteiger partial charge < -0.3 is 9.84 Å². The molecule has 2 aromatic carbocycles. The Morgan fingerprint density at radius 3 is 2.28 bits per heavy atom. The molecule has 0 bridgehead atoms. The van der Waals surface area contributed by atoms with Crippen LogP contribution in [0.2, 0.25) is 0 Å². The number of aliphatic carboxylic acids is 1. The lowest BCUT2D eigenvalue weighted by Gasteiger charge is -2.21. The zero-order valence-corrected chi connectivity index (χ0v) is 14.2. The Hall–Kier alpha value is -2.47. The first kappa shape index (κ1) is 16.0. The second kappa shape index (κ2) is 6.44. The molecular formula is C19H17NO4S. The number of thioether (sulfide) groups is 1. The molecule has 128 valence electrons. The topological polar surface area (TPSA) is 66.8 Å². The maximum atomic E-state index is 12.4. The Balaban J connectivity index is 1.53. The van der Waals surface area contributed by atoms with Crippen molar-refractivity contribution in [1.82, 2.24) is 4.90 Å². The van der Waals surface area contributed by atoms with Crippen LogP contribution in [0.15, 0.2) is 48.5 Å². The molecule has 6 heteroatoms.